The molecule has 0 heterocycles. The number of hydrazine groups is 2. The van der Waals surface area contributed by atoms with E-state index in [2.05, 4.69) is 10.9 Å². The Morgan fingerprint density at radius 2 is 1.73 bits per heavy atom. The van der Waals surface area contributed by atoms with E-state index in [9.17, 15) is 0 Å². The zero-order chi connectivity index (χ0) is 8.57. The third-order valence-corrected chi connectivity index (χ3v) is 0.397. The van der Waals surface area contributed by atoms with Crippen molar-refractivity contribution < 1.29 is 16.8 Å². The molecule has 9 nitrogen and oxygen atoms in total. The van der Waals surface area contributed by atoms with Gasteiger partial charge in [-0.15, -0.1) is 10.4 Å². The first-order chi connectivity index (χ1) is 4.59. The Labute approximate surface area is 72.4 Å². The van der Waals surface area contributed by atoms with Gasteiger partial charge in [0.1, 0.15) is 0 Å². The van der Waals surface area contributed by atoms with Crippen molar-refractivity contribution in [3.63, 3.8) is 0 Å². The first kappa shape index (κ1) is 16.5. The zero-order valence-electron chi connectivity index (χ0n) is 5.30. The fraction of sp³-hybridized carbons (Fsp3) is 0. The van der Waals surface area contributed by atoms with Gasteiger partial charge in [-0.25, -0.2) is 16.8 Å². The molecule has 0 unspecified atom stereocenters. The summed E-state index contributed by atoms with van der Waals surface area (Å²) in [4.78, 5) is 8.00. The van der Waals surface area contributed by atoms with Crippen LogP contribution in [0.1, 0.15) is 0 Å². The van der Waals surface area contributed by atoms with Crippen molar-refractivity contribution in [2.45, 2.75) is 0 Å². The maximum atomic E-state index is 8.00. The van der Waals surface area contributed by atoms with Crippen LogP contribution >= 0.6 is 0 Å². The monoisotopic (exact) mass is 209 g/mol. The van der Waals surface area contributed by atoms with Gasteiger partial charge in [-0.1, -0.05) is 0 Å². The van der Waals surface area contributed by atoms with Crippen LogP contribution < -0.4 is 23.3 Å². The molecule has 0 aliphatic carbocycles. The third kappa shape index (κ3) is 17.6. The average Bonchev–Trinajstić information content (AvgIpc) is 1.88. The van der Waals surface area contributed by atoms with Gasteiger partial charge in [0.2, 0.25) is 5.96 Å². The van der Waals surface area contributed by atoms with Crippen LogP contribution in [0.25, 0.3) is 0 Å². The van der Waals surface area contributed by atoms with E-state index in [-0.39, 0.29) is 22.7 Å². The molecule has 0 bridgehead atoms. The van der Waals surface area contributed by atoms with Crippen molar-refractivity contribution in [2.75, 3.05) is 0 Å². The van der Waals surface area contributed by atoms with Crippen LogP contribution in [0.3, 0.4) is 0 Å². The van der Waals surface area contributed by atoms with Crippen molar-refractivity contribution in [1.29, 1.82) is 0 Å². The molecule has 0 aliphatic heterocycles. The molecule has 0 aromatic heterocycles. The van der Waals surface area contributed by atoms with E-state index < -0.39 is 0 Å². The molecule has 0 atom stereocenters. The molecular formula is CH8CoN7O2-. The van der Waals surface area contributed by atoms with Gasteiger partial charge in [-0.3, -0.25) is 0 Å². The second kappa shape index (κ2) is 11.7. The summed E-state index contributed by atoms with van der Waals surface area (Å²) in [7, 11) is 0. The minimum atomic E-state index is -0.111. The van der Waals surface area contributed by atoms with Gasteiger partial charge in [-0.05, 0) is 0 Å². The molecule has 0 aromatic carbocycles. The Bertz CT molecular complexity index is 113. The van der Waals surface area contributed by atoms with E-state index >= 15 is 0 Å². The second-order valence-electron chi connectivity index (χ2n) is 0.969. The number of rotatable bonds is 0. The molecule has 69 valence electrons. The van der Waals surface area contributed by atoms with Gasteiger partial charge in [0.25, 0.3) is 0 Å². The molecule has 0 spiro atoms. The third-order valence-electron chi connectivity index (χ3n) is 0.397. The maximum Gasteiger partial charge on any atom is 0.242 e. The van der Waals surface area contributed by atoms with Crippen molar-refractivity contribution >= 4 is 5.96 Å². The van der Waals surface area contributed by atoms with Crippen LogP contribution in [0.4, 0.5) is 0 Å². The van der Waals surface area contributed by atoms with Crippen molar-refractivity contribution in [3.05, 3.63) is 10.1 Å². The van der Waals surface area contributed by atoms with E-state index in [0.717, 1.165) is 5.34 Å². The summed E-state index contributed by atoms with van der Waals surface area (Å²) in [6, 6.07) is 0. The van der Waals surface area contributed by atoms with Crippen LogP contribution in [0.15, 0.2) is 10.4 Å². The Morgan fingerprint density at radius 3 is 1.73 bits per heavy atom. The van der Waals surface area contributed by atoms with E-state index in [1.165, 1.54) is 0 Å². The number of guanidine groups is 1. The predicted molar refractivity (Wildman–Crippen MR) is 35.2 cm³/mol. The van der Waals surface area contributed by atoms with Crippen molar-refractivity contribution in [3.8, 4) is 0 Å². The molecule has 0 aliphatic rings. The van der Waals surface area contributed by atoms with Crippen LogP contribution in [0, 0.1) is 10.1 Å². The fourth-order valence-corrected chi connectivity index (χ4v) is 0.0667. The molecule has 0 aromatic rings. The quantitative estimate of drug-likeness (QED) is 0.112. The minimum absolute atomic E-state index is 0. The van der Waals surface area contributed by atoms with Crippen LogP contribution in [-0.2, 0) is 16.8 Å². The smallest absolute Gasteiger partial charge is 0.242 e. The van der Waals surface area contributed by atoms with Gasteiger partial charge in [0.15, 0.2) is 0 Å². The Hall–Kier alpha value is -1.10. The molecule has 0 amide bonds. The SMILES string of the molecule is NN=C(N)N(N)N.O=N[O-].[Co]. The van der Waals surface area contributed by atoms with E-state index in [4.69, 9.17) is 27.5 Å². The van der Waals surface area contributed by atoms with E-state index in [1.807, 2.05) is 0 Å². The van der Waals surface area contributed by atoms with Gasteiger partial charge >= 0.3 is 0 Å². The van der Waals surface area contributed by atoms with Crippen LogP contribution in [0.5, 0.6) is 0 Å². The van der Waals surface area contributed by atoms with Crippen molar-refractivity contribution in [1.82, 2.24) is 5.12 Å². The minimum Gasteiger partial charge on any atom is -0.444 e. The van der Waals surface area contributed by atoms with Crippen LogP contribution in [0.2, 0.25) is 0 Å². The number of nitrogens with two attached hydrogens (primary N) is 4. The summed E-state index contributed by atoms with van der Waals surface area (Å²) in [5, 5.41) is 12.6. The van der Waals surface area contributed by atoms with Gasteiger partial charge in [0, 0.05) is 16.8 Å². The number of hydrogen-bond donors (Lipinski definition) is 4. The average molecular weight is 209 g/mol. The molecule has 1 radical (unpaired) electrons. The Morgan fingerprint density at radius 1 is 1.45 bits per heavy atom. The second-order valence-corrected chi connectivity index (χ2v) is 0.969. The Balaban J connectivity index is -0.000000140. The Kier molecular flexibility index (Phi) is 17.5. The largest absolute Gasteiger partial charge is 0.444 e. The summed E-state index contributed by atoms with van der Waals surface area (Å²) < 4.78 is 0. The van der Waals surface area contributed by atoms with Crippen LogP contribution in [-0.4, -0.2) is 11.1 Å². The summed E-state index contributed by atoms with van der Waals surface area (Å²) in [5.41, 5.74) is 4.92. The molecule has 8 N–H and O–H groups in total. The maximum absolute atomic E-state index is 8.00. The molecule has 0 saturated carbocycles. The summed E-state index contributed by atoms with van der Waals surface area (Å²) in [6.07, 6.45) is 0. The van der Waals surface area contributed by atoms with E-state index in [1.54, 1.807) is 0 Å². The number of hydrazone groups is 1. The normalized spacial score (nSPS) is 8.36. The van der Waals surface area contributed by atoms with Gasteiger partial charge < -0.3 is 21.7 Å². The first-order valence-corrected chi connectivity index (χ1v) is 1.88. The zero-order valence-corrected chi connectivity index (χ0v) is 6.34. The molecule has 11 heavy (non-hydrogen) atoms. The number of nitrogens with zero attached hydrogens (tertiary/aromatic N) is 3. The first-order valence-electron chi connectivity index (χ1n) is 1.88. The topological polar surface area (TPSA) is 172 Å². The van der Waals surface area contributed by atoms with Gasteiger partial charge in [-0.2, -0.15) is 0 Å². The molecular weight excluding hydrogens is 201 g/mol. The fourth-order valence-electron chi connectivity index (χ4n) is 0.0667. The summed E-state index contributed by atoms with van der Waals surface area (Å²) in [5.74, 6) is 14.2. The molecule has 10 heteroatoms. The molecule has 0 rings (SSSR count). The van der Waals surface area contributed by atoms with E-state index in [0.29, 0.717) is 5.12 Å². The summed E-state index contributed by atoms with van der Waals surface area (Å²) >= 11 is 0. The van der Waals surface area contributed by atoms with Gasteiger partial charge in [0.05, 0.1) is 0 Å². The summed E-state index contributed by atoms with van der Waals surface area (Å²) in [6.45, 7) is 0. The standard InChI is InChI=1S/CH8N6.Co.HNO2/c2-1(6-3)7(4)5;;2-1-3/h3-5H2,(H2,2,6);;(H,2,3)/p-1. The number of hydrogen-bond acceptors (Lipinski definition) is 7. The predicted octanol–water partition coefficient (Wildman–Crippen LogP) is -2.53. The van der Waals surface area contributed by atoms with Crippen molar-refractivity contribution in [2.24, 2.45) is 33.7 Å². The molecule has 0 saturated heterocycles. The molecule has 0 fully saturated rings.